The summed E-state index contributed by atoms with van der Waals surface area (Å²) in [5.74, 6) is -0.182. The van der Waals surface area contributed by atoms with Crippen molar-refractivity contribution in [1.82, 2.24) is 8.87 Å². The zero-order valence-corrected chi connectivity index (χ0v) is 21.2. The minimum Gasteiger partial charge on any atom is -0.497 e. The number of hydrogen-bond donors (Lipinski definition) is 0. The van der Waals surface area contributed by atoms with Gasteiger partial charge in [-0.05, 0) is 61.7 Å². The highest BCUT2D eigenvalue weighted by molar-refractivity contribution is 7.89. The van der Waals surface area contributed by atoms with E-state index in [2.05, 4.69) is 11.1 Å². The SMILES string of the molecule is COCCn1c(=NC(=O)C2CCCN(S(=O)(=O)c3ccc(OC)cc3)C2)sc2cc(C)ccc21. The van der Waals surface area contributed by atoms with Gasteiger partial charge in [-0.15, -0.1) is 0 Å². The molecule has 4 rings (SSSR count). The van der Waals surface area contributed by atoms with Gasteiger partial charge in [-0.3, -0.25) is 4.79 Å². The fourth-order valence-corrected chi connectivity index (χ4v) is 6.79. The number of sulfonamides is 1. The van der Waals surface area contributed by atoms with Crippen molar-refractivity contribution in [1.29, 1.82) is 0 Å². The quantitative estimate of drug-likeness (QED) is 0.494. The lowest BCUT2D eigenvalue weighted by molar-refractivity contribution is -0.122. The van der Waals surface area contributed by atoms with E-state index in [-0.39, 0.29) is 17.3 Å². The van der Waals surface area contributed by atoms with E-state index >= 15 is 0 Å². The number of benzene rings is 2. The van der Waals surface area contributed by atoms with Crippen molar-refractivity contribution in [2.45, 2.75) is 31.2 Å². The maximum atomic E-state index is 13.2. The summed E-state index contributed by atoms with van der Waals surface area (Å²) >= 11 is 1.46. The van der Waals surface area contributed by atoms with Gasteiger partial charge < -0.3 is 14.0 Å². The molecule has 2 aromatic carbocycles. The van der Waals surface area contributed by atoms with Crippen LogP contribution in [0.2, 0.25) is 0 Å². The molecule has 34 heavy (non-hydrogen) atoms. The summed E-state index contributed by atoms with van der Waals surface area (Å²) in [6, 6.07) is 12.4. The van der Waals surface area contributed by atoms with Crippen molar-refractivity contribution in [3.05, 3.63) is 52.8 Å². The van der Waals surface area contributed by atoms with E-state index < -0.39 is 15.9 Å². The molecule has 1 amide bonds. The minimum atomic E-state index is -3.71. The first-order valence-electron chi connectivity index (χ1n) is 11.1. The van der Waals surface area contributed by atoms with Gasteiger partial charge in [0, 0.05) is 26.7 Å². The molecule has 2 heterocycles. The van der Waals surface area contributed by atoms with Crippen LogP contribution in [0.15, 0.2) is 52.4 Å². The van der Waals surface area contributed by atoms with Gasteiger partial charge in [-0.1, -0.05) is 17.4 Å². The van der Waals surface area contributed by atoms with Crippen LogP contribution in [-0.2, 0) is 26.1 Å². The number of methoxy groups -OCH3 is 2. The van der Waals surface area contributed by atoms with Crippen molar-refractivity contribution < 1.29 is 22.7 Å². The highest BCUT2D eigenvalue weighted by Gasteiger charge is 2.33. The molecular weight excluding hydrogens is 474 g/mol. The Morgan fingerprint density at radius 1 is 1.18 bits per heavy atom. The molecule has 0 saturated carbocycles. The summed E-state index contributed by atoms with van der Waals surface area (Å²) in [5, 5.41) is 0. The highest BCUT2D eigenvalue weighted by Crippen LogP contribution is 2.26. The summed E-state index contributed by atoms with van der Waals surface area (Å²) in [7, 11) is -0.535. The normalized spacial score (nSPS) is 17.9. The molecule has 0 N–H and O–H groups in total. The van der Waals surface area contributed by atoms with E-state index in [4.69, 9.17) is 9.47 Å². The number of ether oxygens (including phenoxy) is 2. The number of rotatable bonds is 7. The maximum absolute atomic E-state index is 13.2. The third kappa shape index (κ3) is 5.10. The van der Waals surface area contributed by atoms with E-state index in [0.29, 0.717) is 43.1 Å². The average molecular weight is 504 g/mol. The number of hydrogen-bond acceptors (Lipinski definition) is 6. The summed E-state index contributed by atoms with van der Waals surface area (Å²) in [6.45, 7) is 3.61. The second-order valence-corrected chi connectivity index (χ2v) is 11.3. The average Bonchev–Trinajstić information content (AvgIpc) is 3.18. The molecule has 0 bridgehead atoms. The first-order chi connectivity index (χ1) is 16.3. The number of carbonyl (C=O) groups is 1. The number of thiazole rings is 1. The molecule has 182 valence electrons. The van der Waals surface area contributed by atoms with Crippen LogP contribution >= 0.6 is 11.3 Å². The molecule has 1 unspecified atom stereocenters. The number of carbonyl (C=O) groups excluding carboxylic acids is 1. The Kier molecular flexibility index (Phi) is 7.51. The molecule has 0 spiro atoms. The topological polar surface area (TPSA) is 90.2 Å². The number of amides is 1. The first-order valence-corrected chi connectivity index (χ1v) is 13.4. The van der Waals surface area contributed by atoms with Crippen molar-refractivity contribution >= 4 is 37.5 Å². The standard InChI is InChI=1S/C24H29N3O5S2/c1-17-6-11-21-22(15-17)33-24(27(21)13-14-31-2)25-23(28)18-5-4-12-26(16-18)34(29,30)20-9-7-19(32-3)8-10-20/h6-11,15,18H,4-5,12-14,16H2,1-3H3. The number of piperidine rings is 1. The summed E-state index contributed by atoms with van der Waals surface area (Å²) < 4.78 is 41.1. The Morgan fingerprint density at radius 2 is 1.94 bits per heavy atom. The Labute approximate surface area is 203 Å². The van der Waals surface area contributed by atoms with Crippen molar-refractivity contribution in [2.75, 3.05) is 33.9 Å². The van der Waals surface area contributed by atoms with Crippen molar-refractivity contribution in [3.63, 3.8) is 0 Å². The zero-order chi connectivity index (χ0) is 24.3. The smallest absolute Gasteiger partial charge is 0.252 e. The molecule has 0 radical (unpaired) electrons. The van der Waals surface area contributed by atoms with Crippen LogP contribution in [0, 0.1) is 12.8 Å². The van der Waals surface area contributed by atoms with E-state index in [1.165, 1.54) is 34.9 Å². The third-order valence-electron chi connectivity index (χ3n) is 5.99. The molecular formula is C24H29N3O5S2. The predicted octanol–water partition coefficient (Wildman–Crippen LogP) is 3.19. The molecule has 1 saturated heterocycles. The zero-order valence-electron chi connectivity index (χ0n) is 19.6. The Morgan fingerprint density at radius 3 is 2.65 bits per heavy atom. The number of nitrogens with zero attached hydrogens (tertiary/aromatic N) is 3. The van der Waals surface area contributed by atoms with Gasteiger partial charge in [0.2, 0.25) is 10.0 Å². The van der Waals surface area contributed by atoms with E-state index in [1.807, 2.05) is 23.6 Å². The number of aryl methyl sites for hydroxylation is 1. The summed E-state index contributed by atoms with van der Waals surface area (Å²) in [5.41, 5.74) is 2.14. The molecule has 8 nitrogen and oxygen atoms in total. The molecule has 10 heteroatoms. The fraction of sp³-hybridized carbons (Fsp3) is 0.417. The molecule has 1 atom stereocenters. The molecule has 1 aliphatic heterocycles. The third-order valence-corrected chi connectivity index (χ3v) is 8.91. The van der Waals surface area contributed by atoms with Crippen molar-refractivity contribution in [2.24, 2.45) is 10.9 Å². The van der Waals surface area contributed by atoms with Gasteiger partial charge in [0.1, 0.15) is 5.75 Å². The lowest BCUT2D eigenvalue weighted by Gasteiger charge is -2.30. The lowest BCUT2D eigenvalue weighted by atomic mass is 9.99. The highest BCUT2D eigenvalue weighted by atomic mass is 32.2. The fourth-order valence-electron chi connectivity index (χ4n) is 4.11. The molecule has 3 aromatic rings. The van der Waals surface area contributed by atoms with Crippen LogP contribution in [-0.4, -0.2) is 57.1 Å². The van der Waals surface area contributed by atoms with Crippen LogP contribution in [0.1, 0.15) is 18.4 Å². The molecule has 1 aliphatic rings. The molecule has 0 aliphatic carbocycles. The van der Waals surface area contributed by atoms with Gasteiger partial charge >= 0.3 is 0 Å². The van der Waals surface area contributed by atoms with Gasteiger partial charge in [-0.2, -0.15) is 9.30 Å². The molecule has 1 aromatic heterocycles. The van der Waals surface area contributed by atoms with Gasteiger partial charge in [0.05, 0.1) is 34.7 Å². The van der Waals surface area contributed by atoms with E-state index in [1.54, 1.807) is 19.2 Å². The largest absolute Gasteiger partial charge is 0.497 e. The second-order valence-electron chi connectivity index (χ2n) is 8.33. The Hall–Kier alpha value is -2.53. The monoisotopic (exact) mass is 503 g/mol. The second kappa shape index (κ2) is 10.4. The number of fused-ring (bicyclic) bond motifs is 1. The van der Waals surface area contributed by atoms with Crippen LogP contribution < -0.4 is 9.54 Å². The Balaban J connectivity index is 1.60. The van der Waals surface area contributed by atoms with Gasteiger partial charge in [0.15, 0.2) is 4.80 Å². The van der Waals surface area contributed by atoms with Gasteiger partial charge in [0.25, 0.3) is 5.91 Å². The summed E-state index contributed by atoms with van der Waals surface area (Å²) in [6.07, 6.45) is 1.22. The maximum Gasteiger partial charge on any atom is 0.252 e. The van der Waals surface area contributed by atoms with E-state index in [0.717, 1.165) is 15.8 Å². The minimum absolute atomic E-state index is 0.124. The van der Waals surface area contributed by atoms with Crippen LogP contribution in [0.3, 0.4) is 0 Å². The Bertz CT molecular complexity index is 1340. The summed E-state index contributed by atoms with van der Waals surface area (Å²) in [4.78, 5) is 18.5. The molecule has 1 fully saturated rings. The predicted molar refractivity (Wildman–Crippen MR) is 131 cm³/mol. The van der Waals surface area contributed by atoms with Gasteiger partial charge in [-0.25, -0.2) is 8.42 Å². The number of aromatic nitrogens is 1. The van der Waals surface area contributed by atoms with Crippen LogP contribution in [0.4, 0.5) is 0 Å². The van der Waals surface area contributed by atoms with E-state index in [9.17, 15) is 13.2 Å². The van der Waals surface area contributed by atoms with Crippen LogP contribution in [0.25, 0.3) is 10.2 Å². The van der Waals surface area contributed by atoms with Crippen LogP contribution in [0.5, 0.6) is 5.75 Å². The van der Waals surface area contributed by atoms with Crippen molar-refractivity contribution in [3.8, 4) is 5.75 Å². The first kappa shape index (κ1) is 24.6. The lowest BCUT2D eigenvalue weighted by Crippen LogP contribution is -2.42.